The Labute approximate surface area is 239 Å². The number of carbonyl (C=O) groups excluding carboxylic acids is 5. The highest BCUT2D eigenvalue weighted by molar-refractivity contribution is 14.1. The van der Waals surface area contributed by atoms with Gasteiger partial charge >= 0.3 is 17.9 Å². The van der Waals surface area contributed by atoms with Crippen LogP contribution in [-0.2, 0) is 28.6 Å². The highest BCUT2D eigenvalue weighted by Crippen LogP contribution is 2.37. The normalized spacial score (nSPS) is 13.4. The molecule has 3 atom stereocenters. The number of halogens is 5. The van der Waals surface area contributed by atoms with Crippen LogP contribution in [0.2, 0.25) is 0 Å². The van der Waals surface area contributed by atoms with Crippen LogP contribution in [0.25, 0.3) is 0 Å². The van der Waals surface area contributed by atoms with Gasteiger partial charge in [0.05, 0.1) is 24.0 Å². The van der Waals surface area contributed by atoms with Crippen molar-refractivity contribution in [2.24, 2.45) is 0 Å². The number of anilines is 1. The van der Waals surface area contributed by atoms with Crippen molar-refractivity contribution < 1.29 is 43.3 Å². The van der Waals surface area contributed by atoms with Gasteiger partial charge in [-0.2, -0.15) is 0 Å². The first-order valence-electron chi connectivity index (χ1n) is 8.71. The number of benzene rings is 1. The first-order chi connectivity index (χ1) is 15.2. The summed E-state index contributed by atoms with van der Waals surface area (Å²) in [6.45, 7) is 2.73. The molecule has 0 heterocycles. The van der Waals surface area contributed by atoms with E-state index in [0.717, 1.165) is 20.8 Å². The minimum atomic E-state index is -1.76. The number of carbonyl (C=O) groups is 5. The van der Waals surface area contributed by atoms with Crippen LogP contribution in [0.5, 0.6) is 0 Å². The molecule has 0 aliphatic heterocycles. The molecule has 2 N–H and O–H groups in total. The Balaban J connectivity index is 3.55. The average molecular weight is 842 g/mol. The topological polar surface area (TPSA) is 145 Å². The lowest BCUT2D eigenvalue weighted by molar-refractivity contribution is -0.180. The van der Waals surface area contributed by atoms with Crippen LogP contribution < -0.4 is 5.32 Å². The standard InChI is InChI=1S/C18H16Cl2I3NO9/c1-5(25)31-4-8(32-6(2)26)15(33-7(3)27)18(30)24-14-12(22)9(16(19)28)11(21)10(13(14)23)17(20)29/h8,15,18,24,30H,4H2,1-3H3. The van der Waals surface area contributed by atoms with Gasteiger partial charge in [-0.25, -0.2) is 0 Å². The molecule has 182 valence electrons. The Morgan fingerprint density at radius 3 is 1.67 bits per heavy atom. The van der Waals surface area contributed by atoms with Crippen LogP contribution in [-0.4, -0.2) is 58.5 Å². The molecule has 0 aliphatic carbocycles. The van der Waals surface area contributed by atoms with E-state index in [9.17, 15) is 29.1 Å². The van der Waals surface area contributed by atoms with E-state index in [1.165, 1.54) is 0 Å². The molecule has 1 aromatic rings. The largest absolute Gasteiger partial charge is 0.462 e. The molecule has 15 heteroatoms. The molecule has 33 heavy (non-hydrogen) atoms. The van der Waals surface area contributed by atoms with Crippen LogP contribution in [0, 0.1) is 10.7 Å². The fourth-order valence-electron chi connectivity index (χ4n) is 2.51. The van der Waals surface area contributed by atoms with Gasteiger partial charge in [0, 0.05) is 24.3 Å². The smallest absolute Gasteiger partial charge is 0.303 e. The van der Waals surface area contributed by atoms with Gasteiger partial charge in [0.2, 0.25) is 0 Å². The first kappa shape index (κ1) is 30.5. The van der Waals surface area contributed by atoms with Crippen molar-refractivity contribution in [3.05, 3.63) is 21.8 Å². The summed E-state index contributed by atoms with van der Waals surface area (Å²) in [5, 5.41) is 11.8. The van der Waals surface area contributed by atoms with Gasteiger partial charge < -0.3 is 24.6 Å². The molecular weight excluding hydrogens is 826 g/mol. The van der Waals surface area contributed by atoms with E-state index in [0.29, 0.717) is 0 Å². The molecule has 0 fully saturated rings. The van der Waals surface area contributed by atoms with Crippen molar-refractivity contribution >= 4 is 125 Å². The lowest BCUT2D eigenvalue weighted by atomic mass is 10.1. The molecular formula is C18H16Cl2I3NO9. The van der Waals surface area contributed by atoms with Gasteiger partial charge in [-0.15, -0.1) is 0 Å². The van der Waals surface area contributed by atoms with Gasteiger partial charge in [-0.1, -0.05) is 0 Å². The zero-order valence-corrected chi connectivity index (χ0v) is 25.0. The van der Waals surface area contributed by atoms with E-state index in [2.05, 4.69) is 5.32 Å². The number of aliphatic hydroxyl groups excluding tert-OH is 1. The van der Waals surface area contributed by atoms with E-state index >= 15 is 0 Å². The minimum Gasteiger partial charge on any atom is -0.462 e. The molecule has 1 aromatic carbocycles. The van der Waals surface area contributed by atoms with Gasteiger partial charge in [0.15, 0.2) is 18.4 Å². The van der Waals surface area contributed by atoms with Gasteiger partial charge in [0.25, 0.3) is 10.5 Å². The molecule has 1 rings (SSSR count). The van der Waals surface area contributed by atoms with Crippen molar-refractivity contribution in [1.82, 2.24) is 0 Å². The van der Waals surface area contributed by atoms with Gasteiger partial charge in [-0.3, -0.25) is 24.0 Å². The Bertz CT molecular complexity index is 948. The second-order valence-corrected chi connectivity index (χ2v) is 10.2. The van der Waals surface area contributed by atoms with Crippen LogP contribution in [0.4, 0.5) is 5.69 Å². The third-order valence-corrected chi connectivity index (χ3v) is 7.36. The third-order valence-electron chi connectivity index (χ3n) is 3.75. The van der Waals surface area contributed by atoms with Crippen LogP contribution in [0.15, 0.2) is 0 Å². The summed E-state index contributed by atoms with van der Waals surface area (Å²) in [5.41, 5.74) is 0.0262. The second-order valence-electron chi connectivity index (χ2n) is 6.23. The monoisotopic (exact) mass is 841 g/mol. The van der Waals surface area contributed by atoms with Crippen molar-refractivity contribution in [2.75, 3.05) is 11.9 Å². The van der Waals surface area contributed by atoms with E-state index in [1.807, 2.05) is 0 Å². The predicted octanol–water partition coefficient (Wildman–Crippen LogP) is 3.42. The number of aliphatic hydroxyl groups is 1. The Morgan fingerprint density at radius 2 is 1.30 bits per heavy atom. The number of esters is 3. The van der Waals surface area contributed by atoms with Crippen molar-refractivity contribution in [3.63, 3.8) is 0 Å². The Kier molecular flexibility index (Phi) is 12.5. The average Bonchev–Trinajstić information content (AvgIpc) is 2.65. The molecule has 0 aliphatic rings. The fraction of sp³-hybridized carbons (Fsp3) is 0.389. The Hall–Kier alpha value is -0.500. The summed E-state index contributed by atoms with van der Waals surface area (Å²) in [6, 6.07) is 0. The summed E-state index contributed by atoms with van der Waals surface area (Å²) in [5.74, 6) is -2.32. The van der Waals surface area contributed by atoms with E-state index in [1.54, 1.807) is 67.8 Å². The van der Waals surface area contributed by atoms with E-state index in [-0.39, 0.29) is 27.5 Å². The van der Waals surface area contributed by atoms with Crippen molar-refractivity contribution in [1.29, 1.82) is 0 Å². The maximum Gasteiger partial charge on any atom is 0.303 e. The molecule has 3 unspecified atom stereocenters. The van der Waals surface area contributed by atoms with Crippen LogP contribution in [0.1, 0.15) is 41.5 Å². The maximum atomic E-state index is 12.0. The molecule has 0 spiro atoms. The number of ether oxygens (including phenoxy) is 3. The van der Waals surface area contributed by atoms with Crippen LogP contribution in [0.3, 0.4) is 0 Å². The fourth-order valence-corrected chi connectivity index (χ4v) is 7.98. The quantitative estimate of drug-likeness (QED) is 0.118. The molecule has 0 amide bonds. The van der Waals surface area contributed by atoms with Gasteiger partial charge in [-0.05, 0) is 91.0 Å². The number of hydrogen-bond acceptors (Lipinski definition) is 10. The highest BCUT2D eigenvalue weighted by atomic mass is 127. The summed E-state index contributed by atoms with van der Waals surface area (Å²) < 4.78 is 15.8. The zero-order valence-electron chi connectivity index (χ0n) is 17.0. The van der Waals surface area contributed by atoms with E-state index < -0.39 is 53.4 Å². The number of nitrogens with one attached hydrogen (secondary N) is 1. The van der Waals surface area contributed by atoms with E-state index in [4.69, 9.17) is 37.4 Å². The lowest BCUT2D eigenvalue weighted by Gasteiger charge is -2.31. The molecule has 0 aromatic heterocycles. The third kappa shape index (κ3) is 8.59. The second kappa shape index (κ2) is 13.6. The minimum absolute atomic E-state index is 0.0301. The molecule has 0 saturated heterocycles. The molecule has 10 nitrogen and oxygen atoms in total. The Morgan fingerprint density at radius 1 is 0.848 bits per heavy atom. The SMILES string of the molecule is CC(=O)OCC(OC(C)=O)C(OC(C)=O)C(O)Nc1c(I)c(C(=O)Cl)c(I)c(C(=O)Cl)c1I. The number of hydrogen-bond donors (Lipinski definition) is 2. The summed E-state index contributed by atoms with van der Waals surface area (Å²) >= 11 is 16.7. The summed E-state index contributed by atoms with van der Waals surface area (Å²) in [4.78, 5) is 58.4. The lowest BCUT2D eigenvalue weighted by Crippen LogP contribution is -2.49. The highest BCUT2D eigenvalue weighted by Gasteiger charge is 2.36. The zero-order chi connectivity index (χ0) is 25.6. The summed E-state index contributed by atoms with van der Waals surface area (Å²) in [7, 11) is 0. The molecule has 0 radical (unpaired) electrons. The predicted molar refractivity (Wildman–Crippen MR) is 142 cm³/mol. The number of rotatable bonds is 10. The first-order valence-corrected chi connectivity index (χ1v) is 12.7. The van der Waals surface area contributed by atoms with Crippen LogP contribution >= 0.6 is 91.0 Å². The summed E-state index contributed by atoms with van der Waals surface area (Å²) in [6.07, 6.45) is -4.70. The van der Waals surface area contributed by atoms with Crippen molar-refractivity contribution in [3.8, 4) is 0 Å². The van der Waals surface area contributed by atoms with Gasteiger partial charge in [0.1, 0.15) is 6.61 Å². The maximum absolute atomic E-state index is 12.0. The van der Waals surface area contributed by atoms with Crippen molar-refractivity contribution in [2.45, 2.75) is 39.2 Å². The molecule has 0 saturated carbocycles. The molecule has 0 bridgehead atoms.